The van der Waals surface area contributed by atoms with Crippen LogP contribution >= 0.6 is 0 Å². The van der Waals surface area contributed by atoms with E-state index in [9.17, 15) is 15.0 Å². The summed E-state index contributed by atoms with van der Waals surface area (Å²) >= 11 is 0. The Hall–Kier alpha value is -1.55. The van der Waals surface area contributed by atoms with E-state index in [4.69, 9.17) is 0 Å². The summed E-state index contributed by atoms with van der Waals surface area (Å²) in [6.45, 7) is 1.86. The number of aryl methyl sites for hydroxylation is 1. The van der Waals surface area contributed by atoms with Crippen LogP contribution in [0.5, 0.6) is 5.75 Å². The summed E-state index contributed by atoms with van der Waals surface area (Å²) in [6, 6.07) is 5.02. The normalized spacial score (nSPS) is 18.0. The average Bonchev–Trinajstić information content (AvgIpc) is 2.71. The molecule has 1 fully saturated rings. The van der Waals surface area contributed by atoms with Gasteiger partial charge in [0.2, 0.25) is 0 Å². The van der Waals surface area contributed by atoms with E-state index in [1.807, 2.05) is 6.92 Å². The fourth-order valence-electron chi connectivity index (χ4n) is 2.17. The van der Waals surface area contributed by atoms with E-state index >= 15 is 0 Å². The Kier molecular flexibility index (Phi) is 3.07. The molecule has 0 spiro atoms. The highest BCUT2D eigenvalue weighted by molar-refractivity contribution is 5.98. The van der Waals surface area contributed by atoms with Crippen molar-refractivity contribution in [1.29, 1.82) is 0 Å². The number of carbonyl (C=O) groups excluding carboxylic acids is 1. The summed E-state index contributed by atoms with van der Waals surface area (Å²) < 4.78 is 0. The van der Waals surface area contributed by atoms with Crippen LogP contribution in [0.2, 0.25) is 0 Å². The van der Waals surface area contributed by atoms with E-state index in [2.05, 4.69) is 5.32 Å². The SMILES string of the molecule is Cc1ccc(NC(=O)C2(O)CCCC2)c(O)c1. The minimum Gasteiger partial charge on any atom is -0.506 e. The summed E-state index contributed by atoms with van der Waals surface area (Å²) in [5.41, 5.74) is -0.00172. The van der Waals surface area contributed by atoms with Gasteiger partial charge in [0.1, 0.15) is 11.4 Å². The van der Waals surface area contributed by atoms with Crippen LogP contribution in [0.25, 0.3) is 0 Å². The summed E-state index contributed by atoms with van der Waals surface area (Å²) in [6.07, 6.45) is 2.71. The second-order valence-corrected chi connectivity index (χ2v) is 4.71. The van der Waals surface area contributed by atoms with Crippen molar-refractivity contribution in [1.82, 2.24) is 0 Å². The predicted octanol–water partition coefficient (Wildman–Crippen LogP) is 1.94. The molecule has 0 aromatic heterocycles. The number of rotatable bonds is 2. The lowest BCUT2D eigenvalue weighted by Crippen LogP contribution is -2.40. The first kappa shape index (κ1) is 11.9. The van der Waals surface area contributed by atoms with Gasteiger partial charge in [-0.2, -0.15) is 0 Å². The summed E-state index contributed by atoms with van der Waals surface area (Å²) in [7, 11) is 0. The summed E-state index contributed by atoms with van der Waals surface area (Å²) in [5, 5.41) is 22.3. The third-order valence-electron chi connectivity index (χ3n) is 3.25. The van der Waals surface area contributed by atoms with Gasteiger partial charge in [-0.3, -0.25) is 4.79 Å². The number of phenols is 1. The van der Waals surface area contributed by atoms with Gasteiger partial charge >= 0.3 is 0 Å². The van der Waals surface area contributed by atoms with Crippen LogP contribution in [0, 0.1) is 6.92 Å². The van der Waals surface area contributed by atoms with Gasteiger partial charge in [0.25, 0.3) is 5.91 Å². The highest BCUT2D eigenvalue weighted by Crippen LogP contribution is 2.32. The minimum absolute atomic E-state index is 0.0277. The predicted molar refractivity (Wildman–Crippen MR) is 64.9 cm³/mol. The van der Waals surface area contributed by atoms with E-state index in [0.29, 0.717) is 18.5 Å². The first-order chi connectivity index (χ1) is 8.01. The Bertz CT molecular complexity index is 436. The topological polar surface area (TPSA) is 69.6 Å². The molecule has 0 aliphatic heterocycles. The molecule has 0 saturated heterocycles. The van der Waals surface area contributed by atoms with E-state index in [0.717, 1.165) is 18.4 Å². The Labute approximate surface area is 100 Å². The number of benzene rings is 1. The van der Waals surface area contributed by atoms with E-state index in [1.165, 1.54) is 0 Å². The third kappa shape index (κ3) is 2.42. The number of aliphatic hydroxyl groups is 1. The largest absolute Gasteiger partial charge is 0.506 e. The molecule has 0 heterocycles. The van der Waals surface area contributed by atoms with Gasteiger partial charge in [-0.25, -0.2) is 0 Å². The van der Waals surface area contributed by atoms with E-state index < -0.39 is 11.5 Å². The highest BCUT2D eigenvalue weighted by Gasteiger charge is 2.38. The Morgan fingerprint density at radius 3 is 2.59 bits per heavy atom. The molecule has 0 radical (unpaired) electrons. The van der Waals surface area contributed by atoms with E-state index in [1.54, 1.807) is 18.2 Å². The zero-order valence-corrected chi connectivity index (χ0v) is 9.86. The van der Waals surface area contributed by atoms with E-state index in [-0.39, 0.29) is 5.75 Å². The van der Waals surface area contributed by atoms with Crippen molar-refractivity contribution in [3.63, 3.8) is 0 Å². The number of hydrogen-bond donors (Lipinski definition) is 3. The maximum Gasteiger partial charge on any atom is 0.256 e. The van der Waals surface area contributed by atoms with Gasteiger partial charge in [0.15, 0.2) is 0 Å². The summed E-state index contributed by atoms with van der Waals surface area (Å²) in [5.74, 6) is -0.394. The molecule has 92 valence electrons. The standard InChI is InChI=1S/C13H17NO3/c1-9-4-5-10(11(15)8-9)14-12(16)13(17)6-2-3-7-13/h4-5,8,15,17H,2-3,6-7H2,1H3,(H,14,16). The molecule has 0 atom stereocenters. The quantitative estimate of drug-likeness (QED) is 0.686. The van der Waals surface area contributed by atoms with Crippen molar-refractivity contribution in [2.45, 2.75) is 38.2 Å². The molecule has 1 saturated carbocycles. The second kappa shape index (κ2) is 4.37. The van der Waals surface area contributed by atoms with Crippen molar-refractivity contribution in [2.24, 2.45) is 0 Å². The molecular formula is C13H17NO3. The fourth-order valence-corrected chi connectivity index (χ4v) is 2.17. The smallest absolute Gasteiger partial charge is 0.256 e. The van der Waals surface area contributed by atoms with Crippen LogP contribution in [-0.4, -0.2) is 21.7 Å². The maximum absolute atomic E-state index is 11.9. The molecule has 1 amide bonds. The van der Waals surface area contributed by atoms with Crippen LogP contribution in [0.15, 0.2) is 18.2 Å². The van der Waals surface area contributed by atoms with Crippen LogP contribution < -0.4 is 5.32 Å². The molecule has 17 heavy (non-hydrogen) atoms. The van der Waals surface area contributed by atoms with Gasteiger partial charge in [-0.1, -0.05) is 6.07 Å². The lowest BCUT2D eigenvalue weighted by atomic mass is 10.0. The zero-order valence-electron chi connectivity index (χ0n) is 9.86. The number of carbonyl (C=O) groups is 1. The number of hydrogen-bond acceptors (Lipinski definition) is 3. The summed E-state index contributed by atoms with van der Waals surface area (Å²) in [4.78, 5) is 11.9. The first-order valence-corrected chi connectivity index (χ1v) is 5.85. The van der Waals surface area contributed by atoms with Crippen LogP contribution in [0.3, 0.4) is 0 Å². The minimum atomic E-state index is -1.27. The highest BCUT2D eigenvalue weighted by atomic mass is 16.3. The maximum atomic E-state index is 11.9. The first-order valence-electron chi connectivity index (χ1n) is 5.85. The number of amides is 1. The Morgan fingerprint density at radius 1 is 1.35 bits per heavy atom. The molecule has 0 unspecified atom stereocenters. The zero-order chi connectivity index (χ0) is 12.5. The van der Waals surface area contributed by atoms with Crippen LogP contribution in [0.4, 0.5) is 5.69 Å². The van der Waals surface area contributed by atoms with Gasteiger partial charge in [-0.15, -0.1) is 0 Å². The number of nitrogens with one attached hydrogen (secondary N) is 1. The van der Waals surface area contributed by atoms with Crippen molar-refractivity contribution >= 4 is 11.6 Å². The van der Waals surface area contributed by atoms with Gasteiger partial charge < -0.3 is 15.5 Å². The van der Waals surface area contributed by atoms with Gasteiger partial charge in [0.05, 0.1) is 5.69 Å². The number of anilines is 1. The molecule has 3 N–H and O–H groups in total. The van der Waals surface area contributed by atoms with Crippen molar-refractivity contribution in [2.75, 3.05) is 5.32 Å². The van der Waals surface area contributed by atoms with Crippen LogP contribution in [0.1, 0.15) is 31.2 Å². The van der Waals surface area contributed by atoms with Gasteiger partial charge in [0, 0.05) is 0 Å². The molecule has 1 aliphatic carbocycles. The monoisotopic (exact) mass is 235 g/mol. The molecule has 1 aliphatic rings. The van der Waals surface area contributed by atoms with Crippen molar-refractivity contribution < 1.29 is 15.0 Å². The Morgan fingerprint density at radius 2 is 2.00 bits per heavy atom. The molecule has 0 bridgehead atoms. The van der Waals surface area contributed by atoms with Crippen molar-refractivity contribution in [3.8, 4) is 5.75 Å². The molecule has 1 aromatic carbocycles. The average molecular weight is 235 g/mol. The lowest BCUT2D eigenvalue weighted by Gasteiger charge is -2.21. The third-order valence-corrected chi connectivity index (χ3v) is 3.25. The second-order valence-electron chi connectivity index (χ2n) is 4.71. The molecule has 1 aromatic rings. The Balaban J connectivity index is 2.13. The number of aromatic hydroxyl groups is 1. The fraction of sp³-hybridized carbons (Fsp3) is 0.462. The lowest BCUT2D eigenvalue weighted by molar-refractivity contribution is -0.133. The van der Waals surface area contributed by atoms with Crippen LogP contribution in [-0.2, 0) is 4.79 Å². The number of phenolic OH excluding ortho intramolecular Hbond substituents is 1. The van der Waals surface area contributed by atoms with Gasteiger partial charge in [-0.05, 0) is 50.3 Å². The molecule has 4 nitrogen and oxygen atoms in total. The van der Waals surface area contributed by atoms with Crippen molar-refractivity contribution in [3.05, 3.63) is 23.8 Å². The molecular weight excluding hydrogens is 218 g/mol. The molecule has 4 heteroatoms. The molecule has 2 rings (SSSR count).